The maximum atomic E-state index is 11.2. The molecule has 23 heavy (non-hydrogen) atoms. The normalized spacial score (nSPS) is 19.7. The third kappa shape index (κ3) is 15.4. The summed E-state index contributed by atoms with van der Waals surface area (Å²) in [6.07, 6.45) is -1.88. The third-order valence-electron chi connectivity index (χ3n) is 2.09. The van der Waals surface area contributed by atoms with E-state index in [0.717, 1.165) is 13.3 Å². The average Bonchev–Trinajstić information content (AvgIpc) is 2.38. The number of aliphatic hydroxyl groups excluding tert-OH is 2. The highest BCUT2D eigenvalue weighted by Gasteiger charge is 2.23. The fraction of sp³-hybridized carbons (Fsp3) is 1.00. The first kappa shape index (κ1) is 23.1. The van der Waals surface area contributed by atoms with Crippen LogP contribution in [0.2, 0.25) is 0 Å². The van der Waals surface area contributed by atoms with Crippen molar-refractivity contribution in [1.29, 1.82) is 0 Å². The van der Waals surface area contributed by atoms with E-state index in [9.17, 15) is 18.9 Å². The number of ether oxygens (including phenoxy) is 3. The highest BCUT2D eigenvalue weighted by atomic mass is 31.2. The van der Waals surface area contributed by atoms with E-state index in [-0.39, 0.29) is 26.4 Å². The molecule has 11 nitrogen and oxygen atoms in total. The largest absolute Gasteiger partial charge is 0.376 e. The fourth-order valence-corrected chi connectivity index (χ4v) is 2.82. The van der Waals surface area contributed by atoms with Crippen LogP contribution in [0, 0.1) is 0 Å². The first-order chi connectivity index (χ1) is 10.6. The minimum atomic E-state index is -3.79. The SMILES string of the molecule is CP(=O)(O)OC(COCO)COCC(COCO)OP(C)(=O)O. The minimum absolute atomic E-state index is 0.195. The van der Waals surface area contributed by atoms with Crippen molar-refractivity contribution >= 4 is 15.2 Å². The zero-order valence-electron chi connectivity index (χ0n) is 12.9. The van der Waals surface area contributed by atoms with Crippen LogP contribution in [0.4, 0.5) is 0 Å². The Bertz CT molecular complexity index is 356. The van der Waals surface area contributed by atoms with Crippen LogP contribution in [0.3, 0.4) is 0 Å². The molecule has 140 valence electrons. The third-order valence-corrected chi connectivity index (χ3v) is 3.47. The van der Waals surface area contributed by atoms with Gasteiger partial charge in [-0.3, -0.25) is 9.13 Å². The molecule has 0 heterocycles. The predicted molar refractivity (Wildman–Crippen MR) is 78.1 cm³/mol. The summed E-state index contributed by atoms with van der Waals surface area (Å²) in [6.45, 7) is -0.0107. The molecule has 0 aliphatic rings. The smallest absolute Gasteiger partial charge is 0.325 e. The van der Waals surface area contributed by atoms with Gasteiger partial charge in [0.15, 0.2) is 0 Å². The minimum Gasteiger partial charge on any atom is -0.376 e. The van der Waals surface area contributed by atoms with Crippen molar-refractivity contribution in [2.24, 2.45) is 0 Å². The number of hydrogen-bond acceptors (Lipinski definition) is 9. The molecule has 0 aromatic carbocycles. The van der Waals surface area contributed by atoms with E-state index in [0.29, 0.717) is 0 Å². The Morgan fingerprint density at radius 3 is 1.30 bits per heavy atom. The average molecular weight is 382 g/mol. The molecule has 0 radical (unpaired) electrons. The first-order valence-electron chi connectivity index (χ1n) is 6.49. The summed E-state index contributed by atoms with van der Waals surface area (Å²) in [4.78, 5) is 18.4. The molecule has 4 atom stereocenters. The predicted octanol–water partition coefficient (Wildman–Crippen LogP) is -0.663. The van der Waals surface area contributed by atoms with Crippen molar-refractivity contribution in [3.05, 3.63) is 0 Å². The molecule has 0 saturated carbocycles. The van der Waals surface area contributed by atoms with Crippen LogP contribution in [-0.4, -0.2) is 85.6 Å². The summed E-state index contributed by atoms with van der Waals surface area (Å²) < 4.78 is 46.7. The Balaban J connectivity index is 4.42. The quantitative estimate of drug-likeness (QED) is 0.223. The van der Waals surface area contributed by atoms with Gasteiger partial charge in [0.05, 0.1) is 26.4 Å². The summed E-state index contributed by atoms with van der Waals surface area (Å²) in [5.41, 5.74) is 0. The number of aliphatic hydroxyl groups is 2. The van der Waals surface area contributed by atoms with Gasteiger partial charge in [0.2, 0.25) is 0 Å². The van der Waals surface area contributed by atoms with Gasteiger partial charge >= 0.3 is 15.2 Å². The molecule has 4 N–H and O–H groups in total. The summed E-state index contributed by atoms with van der Waals surface area (Å²) in [5.74, 6) is 0. The van der Waals surface area contributed by atoms with Gasteiger partial charge in [-0.2, -0.15) is 0 Å². The van der Waals surface area contributed by atoms with Crippen molar-refractivity contribution in [3.8, 4) is 0 Å². The molecule has 0 aliphatic carbocycles. The van der Waals surface area contributed by atoms with Crippen LogP contribution in [-0.2, 0) is 32.4 Å². The molecule has 0 aromatic rings. The Labute approximate surface area is 134 Å². The van der Waals surface area contributed by atoms with Gasteiger partial charge in [-0.05, 0) is 0 Å². The van der Waals surface area contributed by atoms with Crippen molar-refractivity contribution in [3.63, 3.8) is 0 Å². The highest BCUT2D eigenvalue weighted by Crippen LogP contribution is 2.39. The van der Waals surface area contributed by atoms with Crippen molar-refractivity contribution < 1.29 is 52.4 Å². The van der Waals surface area contributed by atoms with E-state index in [1.54, 1.807) is 0 Å². The first-order valence-corrected chi connectivity index (χ1v) is 10.5. The summed E-state index contributed by atoms with van der Waals surface area (Å²) in [6, 6.07) is 0. The molecular formula is C10H24O11P2. The van der Waals surface area contributed by atoms with Gasteiger partial charge in [-0.25, -0.2) is 0 Å². The molecule has 0 amide bonds. The number of rotatable bonds is 14. The lowest BCUT2D eigenvalue weighted by atomic mass is 10.4. The topological polar surface area (TPSA) is 161 Å². The second-order valence-electron chi connectivity index (χ2n) is 4.60. The lowest BCUT2D eigenvalue weighted by molar-refractivity contribution is -0.0808. The molecule has 0 bridgehead atoms. The lowest BCUT2D eigenvalue weighted by Gasteiger charge is -2.22. The van der Waals surface area contributed by atoms with E-state index in [4.69, 9.17) is 24.0 Å². The fourth-order valence-electron chi connectivity index (χ4n) is 1.47. The van der Waals surface area contributed by atoms with E-state index in [1.165, 1.54) is 0 Å². The van der Waals surface area contributed by atoms with Crippen LogP contribution in [0.25, 0.3) is 0 Å². The summed E-state index contributed by atoms with van der Waals surface area (Å²) in [5, 5.41) is 17.2. The van der Waals surface area contributed by atoms with Crippen molar-refractivity contribution in [2.75, 3.05) is 53.3 Å². The van der Waals surface area contributed by atoms with Gasteiger partial charge < -0.3 is 43.3 Å². The molecule has 0 saturated heterocycles. The van der Waals surface area contributed by atoms with Gasteiger partial charge in [0, 0.05) is 13.3 Å². The van der Waals surface area contributed by atoms with Gasteiger partial charge in [0.25, 0.3) is 0 Å². The second-order valence-corrected chi connectivity index (χ2v) is 8.23. The maximum absolute atomic E-state index is 11.2. The Hall–Kier alpha value is 0.1000. The van der Waals surface area contributed by atoms with Crippen LogP contribution >= 0.6 is 15.2 Å². The Morgan fingerprint density at radius 1 is 0.739 bits per heavy atom. The van der Waals surface area contributed by atoms with Crippen LogP contribution in [0.5, 0.6) is 0 Å². The van der Waals surface area contributed by atoms with Gasteiger partial charge in [-0.1, -0.05) is 0 Å². The molecule has 0 spiro atoms. The van der Waals surface area contributed by atoms with E-state index < -0.39 is 41.0 Å². The molecule has 13 heteroatoms. The van der Waals surface area contributed by atoms with E-state index in [2.05, 4.69) is 9.47 Å². The molecule has 4 unspecified atom stereocenters. The van der Waals surface area contributed by atoms with Crippen LogP contribution in [0.15, 0.2) is 0 Å². The summed E-state index contributed by atoms with van der Waals surface area (Å²) in [7, 11) is -7.58. The molecule has 0 aromatic heterocycles. The molecular weight excluding hydrogens is 358 g/mol. The lowest BCUT2D eigenvalue weighted by Crippen LogP contribution is -2.30. The maximum Gasteiger partial charge on any atom is 0.325 e. The van der Waals surface area contributed by atoms with Gasteiger partial charge in [0.1, 0.15) is 25.8 Å². The van der Waals surface area contributed by atoms with Crippen molar-refractivity contribution in [1.82, 2.24) is 0 Å². The molecule has 0 aliphatic heterocycles. The van der Waals surface area contributed by atoms with Crippen LogP contribution in [0.1, 0.15) is 0 Å². The zero-order chi connectivity index (χ0) is 17.9. The van der Waals surface area contributed by atoms with Gasteiger partial charge in [-0.15, -0.1) is 0 Å². The van der Waals surface area contributed by atoms with Crippen LogP contribution < -0.4 is 0 Å². The number of hydrogen-bond donors (Lipinski definition) is 4. The highest BCUT2D eigenvalue weighted by molar-refractivity contribution is 7.52. The van der Waals surface area contributed by atoms with E-state index in [1.807, 2.05) is 0 Å². The second kappa shape index (κ2) is 11.6. The zero-order valence-corrected chi connectivity index (χ0v) is 14.7. The summed E-state index contributed by atoms with van der Waals surface area (Å²) >= 11 is 0. The Kier molecular flexibility index (Phi) is 11.7. The Morgan fingerprint density at radius 2 is 1.04 bits per heavy atom. The van der Waals surface area contributed by atoms with Crippen molar-refractivity contribution in [2.45, 2.75) is 12.2 Å². The van der Waals surface area contributed by atoms with E-state index >= 15 is 0 Å². The molecule has 0 rings (SSSR count). The molecule has 0 fully saturated rings. The standard InChI is InChI=1S/C10H24O11P2/c1-22(13,14)20-9(5-18-7-11)3-17-4-10(6-19-8-12)21-23(2,15)16/h9-12H,3-8H2,1-2H3,(H,13,14)(H,15,16). The monoisotopic (exact) mass is 382 g/mol.